The third kappa shape index (κ3) is 4.20. The number of hydrogen-bond acceptors (Lipinski definition) is 4. The number of carbonyl (C=O) groups excluding carboxylic acids is 2. The number of nitrogens with zero attached hydrogens (tertiary/aromatic N) is 3. The van der Waals surface area contributed by atoms with Crippen LogP contribution < -0.4 is 15.0 Å². The molecule has 6 rings (SSSR count). The fourth-order valence-corrected chi connectivity index (χ4v) is 5.01. The standard InChI is InChI=1S/C28H24F2N4O3/c1-37-25-13-17(4-10-22(25)30)27-23(32-28(36)16-2-3-16)14-26(35)33(27)21-9-11-24-18(12-21)15-31-34(24)20-7-5-19(29)6-8-20/h4-13,15-16,23,27H,2-3,14H2,1H3,(H,32,36)/t23-,27+/m0/s1. The summed E-state index contributed by atoms with van der Waals surface area (Å²) in [4.78, 5) is 27.7. The molecule has 1 N–H and O–H groups in total. The van der Waals surface area contributed by atoms with E-state index in [0.29, 0.717) is 16.9 Å². The molecule has 0 spiro atoms. The molecule has 2 heterocycles. The van der Waals surface area contributed by atoms with E-state index in [-0.39, 0.29) is 35.7 Å². The molecule has 9 heteroatoms. The summed E-state index contributed by atoms with van der Waals surface area (Å²) in [5.74, 6) is -0.993. The quantitative estimate of drug-likeness (QED) is 0.415. The van der Waals surface area contributed by atoms with E-state index < -0.39 is 17.9 Å². The second-order valence-electron chi connectivity index (χ2n) is 9.47. The van der Waals surface area contributed by atoms with Crippen LogP contribution in [0.4, 0.5) is 14.5 Å². The average molecular weight is 503 g/mol. The number of amides is 2. The Labute approximate surface area is 211 Å². The zero-order chi connectivity index (χ0) is 25.7. The maximum Gasteiger partial charge on any atom is 0.229 e. The van der Waals surface area contributed by atoms with Gasteiger partial charge in [0.2, 0.25) is 11.8 Å². The van der Waals surface area contributed by atoms with Crippen molar-refractivity contribution < 1.29 is 23.1 Å². The second-order valence-corrected chi connectivity index (χ2v) is 9.47. The maximum atomic E-state index is 14.2. The Morgan fingerprint density at radius 3 is 2.51 bits per heavy atom. The lowest BCUT2D eigenvalue weighted by Gasteiger charge is -2.29. The number of halogens is 2. The van der Waals surface area contributed by atoms with Gasteiger partial charge in [-0.05, 0) is 73.0 Å². The van der Waals surface area contributed by atoms with Crippen molar-refractivity contribution in [3.63, 3.8) is 0 Å². The van der Waals surface area contributed by atoms with Crippen molar-refractivity contribution in [2.24, 2.45) is 5.92 Å². The lowest BCUT2D eigenvalue weighted by Crippen LogP contribution is -2.40. The van der Waals surface area contributed by atoms with Crippen molar-refractivity contribution in [3.8, 4) is 11.4 Å². The van der Waals surface area contributed by atoms with Gasteiger partial charge in [0.25, 0.3) is 0 Å². The predicted molar refractivity (Wildman–Crippen MR) is 133 cm³/mol. The molecular formula is C28H24F2N4O3. The minimum Gasteiger partial charge on any atom is -0.494 e. The monoisotopic (exact) mass is 502 g/mol. The van der Waals surface area contributed by atoms with Crippen LogP contribution in [0.2, 0.25) is 0 Å². The van der Waals surface area contributed by atoms with E-state index in [4.69, 9.17) is 4.74 Å². The van der Waals surface area contributed by atoms with Gasteiger partial charge in [0, 0.05) is 23.4 Å². The van der Waals surface area contributed by atoms with E-state index in [1.54, 1.807) is 40.0 Å². The smallest absolute Gasteiger partial charge is 0.229 e. The molecule has 2 fully saturated rings. The molecule has 7 nitrogen and oxygen atoms in total. The van der Waals surface area contributed by atoms with Gasteiger partial charge in [-0.2, -0.15) is 5.10 Å². The van der Waals surface area contributed by atoms with Crippen LogP contribution in [0, 0.1) is 17.6 Å². The molecule has 3 aromatic carbocycles. The first-order valence-electron chi connectivity index (χ1n) is 12.1. The Balaban J connectivity index is 1.40. The fraction of sp³-hybridized carbons (Fsp3) is 0.250. The molecule has 0 radical (unpaired) electrons. The fourth-order valence-electron chi connectivity index (χ4n) is 5.01. The molecule has 0 unspecified atom stereocenters. The summed E-state index contributed by atoms with van der Waals surface area (Å²) in [6.45, 7) is 0. The molecule has 2 atom stereocenters. The number of carbonyl (C=O) groups is 2. The molecule has 37 heavy (non-hydrogen) atoms. The first-order chi connectivity index (χ1) is 17.9. The highest BCUT2D eigenvalue weighted by molar-refractivity contribution is 6.00. The van der Waals surface area contributed by atoms with E-state index in [9.17, 15) is 18.4 Å². The third-order valence-electron chi connectivity index (χ3n) is 7.02. The molecular weight excluding hydrogens is 478 g/mol. The third-order valence-corrected chi connectivity index (χ3v) is 7.02. The zero-order valence-electron chi connectivity index (χ0n) is 20.0. The Morgan fingerprint density at radius 2 is 1.78 bits per heavy atom. The van der Waals surface area contributed by atoms with Gasteiger partial charge < -0.3 is 15.0 Å². The summed E-state index contributed by atoms with van der Waals surface area (Å²) >= 11 is 0. The normalized spacial score (nSPS) is 19.4. The highest BCUT2D eigenvalue weighted by Gasteiger charge is 2.44. The van der Waals surface area contributed by atoms with Gasteiger partial charge in [-0.3, -0.25) is 9.59 Å². The molecule has 1 aliphatic carbocycles. The molecule has 188 valence electrons. The van der Waals surface area contributed by atoms with Crippen LogP contribution in [0.3, 0.4) is 0 Å². The molecule has 2 aliphatic rings. The minimum absolute atomic E-state index is 0.0128. The van der Waals surface area contributed by atoms with Crippen LogP contribution in [0.25, 0.3) is 16.6 Å². The Morgan fingerprint density at radius 1 is 1.03 bits per heavy atom. The van der Waals surface area contributed by atoms with E-state index in [1.165, 1.54) is 25.3 Å². The summed E-state index contributed by atoms with van der Waals surface area (Å²) in [5, 5.41) is 8.29. The van der Waals surface area contributed by atoms with Gasteiger partial charge in [-0.15, -0.1) is 0 Å². The number of benzene rings is 3. The van der Waals surface area contributed by atoms with E-state index in [0.717, 1.165) is 23.7 Å². The van der Waals surface area contributed by atoms with Crippen molar-refractivity contribution in [1.29, 1.82) is 0 Å². The lowest BCUT2D eigenvalue weighted by molar-refractivity contribution is -0.123. The summed E-state index contributed by atoms with van der Waals surface area (Å²) < 4.78 is 34.5. The largest absolute Gasteiger partial charge is 0.494 e. The number of nitrogens with one attached hydrogen (secondary N) is 1. The SMILES string of the molecule is COc1cc([C@@H]2[C@@H](NC(=O)C3CC3)CC(=O)N2c2ccc3c(cnn3-c3ccc(F)cc3)c2)ccc1F. The Hall–Kier alpha value is -4.27. The van der Waals surface area contributed by atoms with E-state index in [2.05, 4.69) is 10.4 Å². The van der Waals surface area contributed by atoms with Crippen molar-refractivity contribution >= 4 is 28.4 Å². The molecule has 1 saturated carbocycles. The maximum absolute atomic E-state index is 14.2. The number of hydrogen-bond donors (Lipinski definition) is 1. The first kappa shape index (κ1) is 23.1. The summed E-state index contributed by atoms with van der Waals surface area (Å²) in [7, 11) is 1.39. The Kier molecular flexibility index (Phi) is 5.62. The van der Waals surface area contributed by atoms with Gasteiger partial charge in [-0.25, -0.2) is 13.5 Å². The average Bonchev–Trinajstić information content (AvgIpc) is 3.59. The summed E-state index contributed by atoms with van der Waals surface area (Å²) in [6.07, 6.45) is 3.50. The molecule has 0 bridgehead atoms. The van der Waals surface area contributed by atoms with Gasteiger partial charge in [0.1, 0.15) is 5.82 Å². The first-order valence-corrected chi connectivity index (χ1v) is 12.1. The summed E-state index contributed by atoms with van der Waals surface area (Å²) in [6, 6.07) is 15.0. The molecule has 2 amide bonds. The second kappa shape index (κ2) is 8.99. The van der Waals surface area contributed by atoms with Gasteiger partial charge in [0.05, 0.1) is 36.6 Å². The van der Waals surface area contributed by atoms with Crippen LogP contribution in [0.1, 0.15) is 30.9 Å². The van der Waals surface area contributed by atoms with Crippen molar-refractivity contribution in [3.05, 3.63) is 84.1 Å². The molecule has 1 saturated heterocycles. The minimum atomic E-state index is -0.547. The van der Waals surface area contributed by atoms with Crippen LogP contribution >= 0.6 is 0 Å². The molecule has 1 aromatic heterocycles. The van der Waals surface area contributed by atoms with Crippen LogP contribution in [-0.2, 0) is 9.59 Å². The van der Waals surface area contributed by atoms with Crippen molar-refractivity contribution in [2.75, 3.05) is 12.0 Å². The topological polar surface area (TPSA) is 76.5 Å². The number of anilines is 1. The number of ether oxygens (including phenoxy) is 1. The predicted octanol–water partition coefficient (Wildman–Crippen LogP) is 4.69. The Bertz CT molecular complexity index is 1510. The number of rotatable bonds is 6. The van der Waals surface area contributed by atoms with E-state index in [1.807, 2.05) is 18.2 Å². The molecule has 1 aliphatic heterocycles. The van der Waals surface area contributed by atoms with Crippen LogP contribution in [0.5, 0.6) is 5.75 Å². The van der Waals surface area contributed by atoms with Crippen LogP contribution in [-0.4, -0.2) is 34.7 Å². The number of fused-ring (bicyclic) bond motifs is 1. The van der Waals surface area contributed by atoms with Gasteiger partial charge >= 0.3 is 0 Å². The van der Waals surface area contributed by atoms with Crippen LogP contribution in [0.15, 0.2) is 66.9 Å². The molecule has 4 aromatic rings. The highest BCUT2D eigenvalue weighted by atomic mass is 19.1. The van der Waals surface area contributed by atoms with E-state index >= 15 is 0 Å². The zero-order valence-corrected chi connectivity index (χ0v) is 20.0. The van der Waals surface area contributed by atoms with Gasteiger partial charge in [-0.1, -0.05) is 6.07 Å². The van der Waals surface area contributed by atoms with Crippen molar-refractivity contribution in [1.82, 2.24) is 15.1 Å². The van der Waals surface area contributed by atoms with Crippen molar-refractivity contribution in [2.45, 2.75) is 31.3 Å². The summed E-state index contributed by atoms with van der Waals surface area (Å²) in [5.41, 5.74) is 2.79. The number of methoxy groups -OCH3 is 1. The lowest BCUT2D eigenvalue weighted by atomic mass is 9.98. The highest BCUT2D eigenvalue weighted by Crippen LogP contribution is 2.40. The van der Waals surface area contributed by atoms with Gasteiger partial charge in [0.15, 0.2) is 11.6 Å². The number of aromatic nitrogens is 2.